The van der Waals surface area contributed by atoms with Gasteiger partial charge in [0.05, 0.1) is 18.3 Å². The number of alkyl halides is 1. The summed E-state index contributed by atoms with van der Waals surface area (Å²) in [4.78, 5) is 0. The quantitative estimate of drug-likeness (QED) is 0.570. The number of methoxy groups -OCH3 is 1. The molecule has 0 heterocycles. The first-order chi connectivity index (χ1) is 7.55. The molecule has 2 atom stereocenters. The Morgan fingerprint density at radius 2 is 1.75 bits per heavy atom. The van der Waals surface area contributed by atoms with Crippen molar-refractivity contribution in [1.29, 1.82) is 0 Å². The first kappa shape index (κ1) is 14.7. The third-order valence-electron chi connectivity index (χ3n) is 3.32. The van der Waals surface area contributed by atoms with Gasteiger partial charge >= 0.3 is 0 Å². The highest BCUT2D eigenvalue weighted by molar-refractivity contribution is 14.1. The van der Waals surface area contributed by atoms with Gasteiger partial charge in [-0.05, 0) is 26.7 Å². The van der Waals surface area contributed by atoms with Crippen molar-refractivity contribution in [3.63, 3.8) is 0 Å². The molecule has 0 N–H and O–H groups in total. The fraction of sp³-hybridized carbons (Fsp3) is 1.00. The van der Waals surface area contributed by atoms with Crippen LogP contribution >= 0.6 is 22.6 Å². The van der Waals surface area contributed by atoms with E-state index in [0.29, 0.717) is 16.6 Å². The van der Waals surface area contributed by atoms with Gasteiger partial charge in [-0.3, -0.25) is 0 Å². The van der Waals surface area contributed by atoms with Crippen molar-refractivity contribution >= 4 is 22.6 Å². The molecule has 0 radical (unpaired) electrons. The lowest BCUT2D eigenvalue weighted by Gasteiger charge is -2.30. The van der Waals surface area contributed by atoms with Crippen molar-refractivity contribution < 1.29 is 9.47 Å². The standard InChI is InChI=1S/C13H25IO2/c1-13(2,15-3)10-16-12-9-7-5-4-6-8-11(12)14/h11-12H,4-10H2,1-3H3. The molecule has 0 bridgehead atoms. The van der Waals surface area contributed by atoms with Crippen LogP contribution in [0.4, 0.5) is 0 Å². The van der Waals surface area contributed by atoms with Crippen LogP contribution in [0.5, 0.6) is 0 Å². The molecule has 0 aliphatic heterocycles. The van der Waals surface area contributed by atoms with Crippen LogP contribution in [0.1, 0.15) is 52.4 Å². The Hall–Kier alpha value is 0.650. The van der Waals surface area contributed by atoms with E-state index in [1.807, 2.05) is 0 Å². The van der Waals surface area contributed by atoms with Gasteiger partial charge in [0.1, 0.15) is 0 Å². The van der Waals surface area contributed by atoms with Gasteiger partial charge < -0.3 is 9.47 Å². The molecule has 0 aromatic heterocycles. The minimum absolute atomic E-state index is 0.154. The van der Waals surface area contributed by atoms with Gasteiger partial charge in [-0.2, -0.15) is 0 Å². The smallest absolute Gasteiger partial charge is 0.0855 e. The fourth-order valence-corrected chi connectivity index (χ4v) is 2.97. The second-order valence-electron chi connectivity index (χ2n) is 5.32. The van der Waals surface area contributed by atoms with E-state index in [1.165, 1.54) is 38.5 Å². The molecule has 0 spiro atoms. The molecule has 2 unspecified atom stereocenters. The summed E-state index contributed by atoms with van der Waals surface area (Å²) in [7, 11) is 1.75. The van der Waals surface area contributed by atoms with Crippen molar-refractivity contribution in [3.8, 4) is 0 Å². The van der Waals surface area contributed by atoms with Crippen LogP contribution in [0.2, 0.25) is 0 Å². The Labute approximate surface area is 114 Å². The van der Waals surface area contributed by atoms with Crippen LogP contribution in [-0.2, 0) is 9.47 Å². The topological polar surface area (TPSA) is 18.5 Å². The maximum Gasteiger partial charge on any atom is 0.0855 e. The molecule has 1 saturated carbocycles. The Bertz CT molecular complexity index is 194. The van der Waals surface area contributed by atoms with E-state index >= 15 is 0 Å². The minimum Gasteiger partial charge on any atom is -0.376 e. The largest absolute Gasteiger partial charge is 0.376 e. The predicted octanol–water partition coefficient (Wildman–Crippen LogP) is 3.95. The molecule has 2 nitrogen and oxygen atoms in total. The van der Waals surface area contributed by atoms with Gasteiger partial charge in [-0.15, -0.1) is 0 Å². The van der Waals surface area contributed by atoms with Crippen molar-refractivity contribution in [3.05, 3.63) is 0 Å². The maximum atomic E-state index is 6.05. The Morgan fingerprint density at radius 3 is 2.38 bits per heavy atom. The fourth-order valence-electron chi connectivity index (χ4n) is 1.96. The van der Waals surface area contributed by atoms with Crippen molar-refractivity contribution in [2.75, 3.05) is 13.7 Å². The van der Waals surface area contributed by atoms with E-state index in [2.05, 4.69) is 36.4 Å². The zero-order chi connectivity index (χ0) is 12.0. The third kappa shape index (κ3) is 5.32. The molecule has 16 heavy (non-hydrogen) atoms. The zero-order valence-corrected chi connectivity index (χ0v) is 13.0. The van der Waals surface area contributed by atoms with Gasteiger partial charge in [0.25, 0.3) is 0 Å². The van der Waals surface area contributed by atoms with Crippen LogP contribution in [0.25, 0.3) is 0 Å². The van der Waals surface area contributed by atoms with Gasteiger partial charge in [-0.1, -0.05) is 48.3 Å². The molecule has 1 rings (SSSR count). The predicted molar refractivity (Wildman–Crippen MR) is 76.3 cm³/mol. The lowest BCUT2D eigenvalue weighted by atomic mass is 9.98. The van der Waals surface area contributed by atoms with Crippen molar-refractivity contribution in [1.82, 2.24) is 0 Å². The Morgan fingerprint density at radius 1 is 1.12 bits per heavy atom. The molecule has 96 valence electrons. The molecule has 3 heteroatoms. The number of hydrogen-bond donors (Lipinski definition) is 0. The normalized spacial score (nSPS) is 28.5. The first-order valence-electron chi connectivity index (χ1n) is 6.36. The summed E-state index contributed by atoms with van der Waals surface area (Å²) in [5.74, 6) is 0. The lowest BCUT2D eigenvalue weighted by molar-refractivity contribution is -0.0772. The van der Waals surface area contributed by atoms with Crippen LogP contribution in [0.15, 0.2) is 0 Å². The van der Waals surface area contributed by atoms with E-state index in [4.69, 9.17) is 9.47 Å². The summed E-state index contributed by atoms with van der Waals surface area (Å²) in [5.41, 5.74) is -0.154. The summed E-state index contributed by atoms with van der Waals surface area (Å²) in [6.07, 6.45) is 8.40. The van der Waals surface area contributed by atoms with E-state index in [9.17, 15) is 0 Å². The van der Waals surface area contributed by atoms with Gasteiger partial charge in [0, 0.05) is 11.0 Å². The van der Waals surface area contributed by atoms with Gasteiger partial charge in [-0.25, -0.2) is 0 Å². The highest BCUT2D eigenvalue weighted by Gasteiger charge is 2.24. The van der Waals surface area contributed by atoms with Crippen LogP contribution in [0.3, 0.4) is 0 Å². The maximum absolute atomic E-state index is 6.05. The summed E-state index contributed by atoms with van der Waals surface area (Å²) >= 11 is 2.56. The summed E-state index contributed by atoms with van der Waals surface area (Å²) in [6.45, 7) is 4.86. The minimum atomic E-state index is -0.154. The second-order valence-corrected chi connectivity index (χ2v) is 6.92. The molecule has 0 aromatic rings. The summed E-state index contributed by atoms with van der Waals surface area (Å²) in [5, 5.41) is 0. The monoisotopic (exact) mass is 340 g/mol. The highest BCUT2D eigenvalue weighted by atomic mass is 127. The molecule has 0 aromatic carbocycles. The van der Waals surface area contributed by atoms with Gasteiger partial charge in [0.15, 0.2) is 0 Å². The molecule has 0 amide bonds. The van der Waals surface area contributed by atoms with Crippen LogP contribution in [0, 0.1) is 0 Å². The van der Waals surface area contributed by atoms with E-state index < -0.39 is 0 Å². The number of ether oxygens (including phenoxy) is 2. The number of rotatable bonds is 4. The van der Waals surface area contributed by atoms with E-state index in [0.717, 1.165) is 0 Å². The van der Waals surface area contributed by atoms with Crippen LogP contribution < -0.4 is 0 Å². The van der Waals surface area contributed by atoms with E-state index in [-0.39, 0.29) is 5.60 Å². The lowest BCUT2D eigenvalue weighted by Crippen LogP contribution is -2.35. The average molecular weight is 340 g/mol. The number of halogens is 1. The molecular formula is C13H25IO2. The molecule has 0 saturated heterocycles. The van der Waals surface area contributed by atoms with Crippen molar-refractivity contribution in [2.24, 2.45) is 0 Å². The number of hydrogen-bond acceptors (Lipinski definition) is 2. The van der Waals surface area contributed by atoms with Gasteiger partial charge in [0.2, 0.25) is 0 Å². The Kier molecular flexibility index (Phi) is 6.59. The van der Waals surface area contributed by atoms with E-state index in [1.54, 1.807) is 7.11 Å². The molecular weight excluding hydrogens is 315 g/mol. The molecule has 1 fully saturated rings. The SMILES string of the molecule is COC(C)(C)COC1CCCCCCC1I. The van der Waals surface area contributed by atoms with Crippen LogP contribution in [-0.4, -0.2) is 29.3 Å². The van der Waals surface area contributed by atoms with Crippen molar-refractivity contribution in [2.45, 2.75) is 68.0 Å². The molecule has 1 aliphatic carbocycles. The average Bonchev–Trinajstić information content (AvgIpc) is 2.23. The third-order valence-corrected chi connectivity index (χ3v) is 4.74. The molecule has 1 aliphatic rings. The summed E-state index contributed by atoms with van der Waals surface area (Å²) in [6, 6.07) is 0. The first-order valence-corrected chi connectivity index (χ1v) is 7.60. The Balaban J connectivity index is 2.37. The summed E-state index contributed by atoms with van der Waals surface area (Å²) < 4.78 is 12.1. The second kappa shape index (κ2) is 7.17. The zero-order valence-electron chi connectivity index (χ0n) is 10.8. The highest BCUT2D eigenvalue weighted by Crippen LogP contribution is 2.26.